The molecular weight excluding hydrogens is 277 g/mol. The quantitative estimate of drug-likeness (QED) is 0.880. The molecule has 1 aromatic heterocycles. The van der Waals surface area contributed by atoms with Crippen LogP contribution in [0.2, 0.25) is 0 Å². The van der Waals surface area contributed by atoms with Crippen molar-refractivity contribution in [1.82, 2.24) is 9.88 Å². The van der Waals surface area contributed by atoms with E-state index >= 15 is 0 Å². The third-order valence-corrected chi connectivity index (χ3v) is 2.94. The monoisotopic (exact) mass is 290 g/mol. The second-order valence-corrected chi connectivity index (χ2v) is 4.36. The van der Waals surface area contributed by atoms with Gasteiger partial charge in [0.25, 0.3) is 5.91 Å². The summed E-state index contributed by atoms with van der Waals surface area (Å²) in [6.45, 7) is 0.567. The van der Waals surface area contributed by atoms with Gasteiger partial charge in [-0.2, -0.15) is 13.2 Å². The van der Waals surface area contributed by atoms with Crippen LogP contribution in [0.3, 0.4) is 0 Å². The Morgan fingerprint density at radius 3 is 2.80 bits per heavy atom. The fourth-order valence-electron chi connectivity index (χ4n) is 1.86. The molecule has 0 bridgehead atoms. The van der Waals surface area contributed by atoms with E-state index in [9.17, 15) is 18.0 Å². The molecule has 110 valence electrons. The van der Waals surface area contributed by atoms with E-state index in [0.717, 1.165) is 12.1 Å². The molecular formula is C12H13F3N2O3. The number of aromatic nitrogens is 1. The molecule has 0 radical (unpaired) electrons. The van der Waals surface area contributed by atoms with Gasteiger partial charge in [-0.15, -0.1) is 0 Å². The predicted octanol–water partition coefficient (Wildman–Crippen LogP) is 0.934. The Balaban J connectivity index is 2.09. The van der Waals surface area contributed by atoms with Crippen LogP contribution in [0.5, 0.6) is 0 Å². The molecule has 1 unspecified atom stereocenters. The minimum absolute atomic E-state index is 0.0587. The van der Waals surface area contributed by atoms with Crippen molar-refractivity contribution in [2.45, 2.75) is 12.3 Å². The molecule has 1 aromatic rings. The first kappa shape index (κ1) is 14.7. The largest absolute Gasteiger partial charge is 0.417 e. The normalized spacial score (nSPS) is 20.0. The molecule has 8 heteroatoms. The Morgan fingerprint density at radius 1 is 1.50 bits per heavy atom. The molecule has 1 amide bonds. The van der Waals surface area contributed by atoms with Gasteiger partial charge in [0.2, 0.25) is 0 Å². The van der Waals surface area contributed by atoms with Crippen LogP contribution in [-0.4, -0.2) is 53.3 Å². The number of nitrogens with zero attached hydrogens (tertiary/aromatic N) is 2. The van der Waals surface area contributed by atoms with Crippen molar-refractivity contribution in [1.29, 1.82) is 0 Å². The van der Waals surface area contributed by atoms with Crippen LogP contribution in [0.1, 0.15) is 16.1 Å². The fraction of sp³-hybridized carbons (Fsp3) is 0.500. The summed E-state index contributed by atoms with van der Waals surface area (Å²) < 4.78 is 42.4. The zero-order valence-corrected chi connectivity index (χ0v) is 10.4. The lowest BCUT2D eigenvalue weighted by molar-refractivity contribution is -0.137. The summed E-state index contributed by atoms with van der Waals surface area (Å²) in [7, 11) is 0. The number of carbonyl (C=O) groups excluding carboxylic acids is 1. The van der Waals surface area contributed by atoms with Crippen LogP contribution < -0.4 is 0 Å². The van der Waals surface area contributed by atoms with Crippen LogP contribution in [0.25, 0.3) is 0 Å². The van der Waals surface area contributed by atoms with Gasteiger partial charge in [0.15, 0.2) is 0 Å². The fourth-order valence-corrected chi connectivity index (χ4v) is 1.86. The molecule has 1 atom stereocenters. The Hall–Kier alpha value is -1.67. The van der Waals surface area contributed by atoms with E-state index in [2.05, 4.69) is 4.98 Å². The van der Waals surface area contributed by atoms with E-state index in [0.29, 0.717) is 12.7 Å². The first-order valence-corrected chi connectivity index (χ1v) is 5.97. The third-order valence-electron chi connectivity index (χ3n) is 2.94. The molecule has 1 aliphatic rings. The summed E-state index contributed by atoms with van der Waals surface area (Å²) in [5.74, 6) is -0.472. The highest BCUT2D eigenvalue weighted by atomic mass is 19.4. The van der Waals surface area contributed by atoms with E-state index in [1.54, 1.807) is 0 Å². The highest BCUT2D eigenvalue weighted by Crippen LogP contribution is 2.28. The van der Waals surface area contributed by atoms with Gasteiger partial charge in [0.1, 0.15) is 5.69 Å². The first-order valence-electron chi connectivity index (χ1n) is 5.97. The summed E-state index contributed by atoms with van der Waals surface area (Å²) in [6.07, 6.45) is -4.31. The van der Waals surface area contributed by atoms with Gasteiger partial charge < -0.3 is 14.7 Å². The number of aliphatic hydroxyl groups excluding tert-OH is 1. The number of alkyl halides is 3. The highest BCUT2D eigenvalue weighted by Gasteiger charge is 2.31. The van der Waals surface area contributed by atoms with Crippen molar-refractivity contribution in [3.8, 4) is 0 Å². The Labute approximate surface area is 113 Å². The summed E-state index contributed by atoms with van der Waals surface area (Å²) >= 11 is 0. The van der Waals surface area contributed by atoms with Crippen LogP contribution >= 0.6 is 0 Å². The van der Waals surface area contributed by atoms with Gasteiger partial charge in [-0.3, -0.25) is 9.78 Å². The van der Waals surface area contributed by atoms with E-state index in [-0.39, 0.29) is 25.5 Å². The number of hydrogen-bond donors (Lipinski definition) is 1. The summed E-state index contributed by atoms with van der Waals surface area (Å²) in [5.41, 5.74) is -0.958. The SMILES string of the molecule is O=C(c1ccc(C(F)(F)F)cn1)N1CCOC(CO)C1. The minimum Gasteiger partial charge on any atom is -0.394 e. The molecule has 20 heavy (non-hydrogen) atoms. The standard InChI is InChI=1S/C12H13F3N2O3/c13-12(14,15)8-1-2-10(16-5-8)11(19)17-3-4-20-9(6-17)7-18/h1-2,5,9,18H,3-4,6-7H2. The van der Waals surface area contributed by atoms with Crippen LogP contribution in [0.4, 0.5) is 13.2 Å². The zero-order chi connectivity index (χ0) is 14.8. The second kappa shape index (κ2) is 5.76. The Bertz CT molecular complexity index is 476. The van der Waals surface area contributed by atoms with Gasteiger partial charge in [0.05, 0.1) is 24.9 Å². The van der Waals surface area contributed by atoms with Gasteiger partial charge in [-0.1, -0.05) is 0 Å². The number of carbonyl (C=O) groups is 1. The lowest BCUT2D eigenvalue weighted by Gasteiger charge is -2.31. The maximum absolute atomic E-state index is 12.4. The Kier molecular flexibility index (Phi) is 4.24. The molecule has 0 spiro atoms. The minimum atomic E-state index is -4.48. The molecule has 0 saturated carbocycles. The van der Waals surface area contributed by atoms with Crippen molar-refractivity contribution in [3.63, 3.8) is 0 Å². The second-order valence-electron chi connectivity index (χ2n) is 4.36. The van der Waals surface area contributed by atoms with Gasteiger partial charge in [-0.25, -0.2) is 0 Å². The number of amides is 1. The molecule has 1 saturated heterocycles. The number of pyridine rings is 1. The van der Waals surface area contributed by atoms with E-state index < -0.39 is 23.8 Å². The lowest BCUT2D eigenvalue weighted by atomic mass is 10.2. The molecule has 2 heterocycles. The molecule has 2 rings (SSSR count). The highest BCUT2D eigenvalue weighted by molar-refractivity contribution is 5.92. The van der Waals surface area contributed by atoms with Crippen LogP contribution in [-0.2, 0) is 10.9 Å². The van der Waals surface area contributed by atoms with E-state index in [1.807, 2.05) is 0 Å². The number of morpholine rings is 1. The van der Waals surface area contributed by atoms with Crippen LogP contribution in [0.15, 0.2) is 18.3 Å². The number of halogens is 3. The van der Waals surface area contributed by atoms with E-state index in [4.69, 9.17) is 9.84 Å². The maximum atomic E-state index is 12.4. The molecule has 1 N–H and O–H groups in total. The number of hydrogen-bond acceptors (Lipinski definition) is 4. The summed E-state index contributed by atoms with van der Waals surface area (Å²) in [5, 5.41) is 8.98. The predicted molar refractivity (Wildman–Crippen MR) is 62.0 cm³/mol. The molecule has 0 aromatic carbocycles. The average molecular weight is 290 g/mol. The van der Waals surface area contributed by atoms with Gasteiger partial charge in [-0.05, 0) is 12.1 Å². The average Bonchev–Trinajstić information content (AvgIpc) is 2.46. The van der Waals surface area contributed by atoms with Crippen molar-refractivity contribution < 1.29 is 27.8 Å². The zero-order valence-electron chi connectivity index (χ0n) is 10.4. The van der Waals surface area contributed by atoms with E-state index in [1.165, 1.54) is 4.90 Å². The van der Waals surface area contributed by atoms with Crippen molar-refractivity contribution in [2.24, 2.45) is 0 Å². The lowest BCUT2D eigenvalue weighted by Crippen LogP contribution is -2.47. The maximum Gasteiger partial charge on any atom is 0.417 e. The number of ether oxygens (including phenoxy) is 1. The number of rotatable bonds is 2. The third kappa shape index (κ3) is 3.26. The topological polar surface area (TPSA) is 62.7 Å². The summed E-state index contributed by atoms with van der Waals surface area (Å²) in [4.78, 5) is 17.0. The molecule has 1 aliphatic heterocycles. The smallest absolute Gasteiger partial charge is 0.394 e. The van der Waals surface area contributed by atoms with Crippen LogP contribution in [0, 0.1) is 0 Å². The molecule has 1 fully saturated rings. The first-order chi connectivity index (χ1) is 9.41. The van der Waals surface area contributed by atoms with Crippen molar-refractivity contribution in [3.05, 3.63) is 29.6 Å². The van der Waals surface area contributed by atoms with Crippen molar-refractivity contribution in [2.75, 3.05) is 26.3 Å². The number of aliphatic hydroxyl groups is 1. The Morgan fingerprint density at radius 2 is 2.25 bits per heavy atom. The van der Waals surface area contributed by atoms with Crippen molar-refractivity contribution >= 4 is 5.91 Å². The summed E-state index contributed by atoms with van der Waals surface area (Å²) in [6, 6.07) is 1.87. The van der Waals surface area contributed by atoms with Gasteiger partial charge >= 0.3 is 6.18 Å². The van der Waals surface area contributed by atoms with Gasteiger partial charge in [0, 0.05) is 19.3 Å². The molecule has 0 aliphatic carbocycles. The molecule has 5 nitrogen and oxygen atoms in total.